The zero-order valence-electron chi connectivity index (χ0n) is 25.1. The smallest absolute Gasteiger partial charge is 0.224 e. The van der Waals surface area contributed by atoms with Crippen LogP contribution in [0.4, 0.5) is 0 Å². The van der Waals surface area contributed by atoms with Crippen molar-refractivity contribution in [2.45, 2.75) is 71.2 Å². The van der Waals surface area contributed by atoms with Gasteiger partial charge in [-0.15, -0.1) is 0 Å². The number of aliphatic hydroxyl groups is 1. The summed E-state index contributed by atoms with van der Waals surface area (Å²) in [5, 5.41) is 18.0. The van der Waals surface area contributed by atoms with E-state index >= 15 is 0 Å². The summed E-state index contributed by atoms with van der Waals surface area (Å²) in [5.74, 6) is 2.09. The maximum absolute atomic E-state index is 13.3. The molecule has 2 amide bonds. The first-order valence-electron chi connectivity index (χ1n) is 15.4. The predicted octanol–water partition coefficient (Wildman–Crippen LogP) is 2.79. The van der Waals surface area contributed by atoms with Crippen LogP contribution >= 0.6 is 11.6 Å². The summed E-state index contributed by atoms with van der Waals surface area (Å²) < 4.78 is 11.1. The number of ether oxygens (including phenoxy) is 1. The molecule has 0 saturated carbocycles. The van der Waals surface area contributed by atoms with Gasteiger partial charge in [0.05, 0.1) is 23.4 Å². The maximum Gasteiger partial charge on any atom is 0.224 e. The van der Waals surface area contributed by atoms with Gasteiger partial charge in [0.15, 0.2) is 12.2 Å². The van der Waals surface area contributed by atoms with Crippen molar-refractivity contribution in [2.75, 3.05) is 39.3 Å². The summed E-state index contributed by atoms with van der Waals surface area (Å²) in [4.78, 5) is 37.9. The molecule has 1 aromatic heterocycles. The van der Waals surface area contributed by atoms with Gasteiger partial charge in [-0.1, -0.05) is 37.9 Å². The Hall–Kier alpha value is -3.15. The summed E-state index contributed by atoms with van der Waals surface area (Å²) in [6.07, 6.45) is 6.04. The molecule has 4 heterocycles. The molecule has 2 aromatic rings. The molecule has 12 heteroatoms. The summed E-state index contributed by atoms with van der Waals surface area (Å²) in [6, 6.07) is 4.07. The molecule has 1 aromatic carbocycles. The van der Waals surface area contributed by atoms with E-state index < -0.39 is 6.10 Å². The number of carbonyl (C=O) groups excluding carboxylic acids is 2. The third kappa shape index (κ3) is 7.69. The standard InChI is InChI=1S/C31H43ClN6O5/c1-3-5-25-26(8-10-34-30(25)36-21-15-38(16-21)28(40)4-2)31(41)35-12-22(39)17-37-11-9-24-20(14-37)6-7-27(29(24)32)42-18-23-13-33-19-43-23/h6-7,13,19,21-22,25-26,39H,3-5,8-12,14-18H2,1-2H3,(H,34,36)(H,35,41)/t22-,25?,26?/m0/s1. The van der Waals surface area contributed by atoms with Gasteiger partial charge in [0.1, 0.15) is 18.2 Å². The Balaban J connectivity index is 1.09. The summed E-state index contributed by atoms with van der Waals surface area (Å²) in [5.41, 5.74) is 2.17. The van der Waals surface area contributed by atoms with Crippen LogP contribution in [0.2, 0.25) is 5.02 Å². The second kappa shape index (κ2) is 14.5. The number of aliphatic hydroxyl groups excluding tert-OH is 1. The number of nitrogens with zero attached hydrogens (tertiary/aromatic N) is 4. The first-order chi connectivity index (χ1) is 20.9. The molecule has 0 spiro atoms. The molecule has 0 radical (unpaired) electrons. The molecule has 234 valence electrons. The van der Waals surface area contributed by atoms with E-state index in [0.29, 0.717) is 62.1 Å². The first-order valence-corrected chi connectivity index (χ1v) is 15.8. The van der Waals surface area contributed by atoms with Gasteiger partial charge in [0.25, 0.3) is 0 Å². The highest BCUT2D eigenvalue weighted by molar-refractivity contribution is 6.33. The fraction of sp³-hybridized carbons (Fsp3) is 0.613. The fourth-order valence-electron chi connectivity index (χ4n) is 6.24. The number of rotatable bonds is 12. The Morgan fingerprint density at radius 2 is 2.12 bits per heavy atom. The minimum absolute atomic E-state index is 0.0137. The van der Waals surface area contributed by atoms with E-state index in [1.54, 1.807) is 6.20 Å². The average molecular weight is 615 g/mol. The topological polar surface area (TPSA) is 133 Å². The second-order valence-electron chi connectivity index (χ2n) is 11.7. The number of oxazole rings is 1. The van der Waals surface area contributed by atoms with Crippen LogP contribution in [0.5, 0.6) is 5.75 Å². The monoisotopic (exact) mass is 614 g/mol. The number of hydrogen-bond acceptors (Lipinski definition) is 9. The number of nitrogens with one attached hydrogen (secondary N) is 2. The normalized spacial score (nSPS) is 21.4. The van der Waals surface area contributed by atoms with E-state index in [1.165, 1.54) is 6.39 Å². The molecule has 0 aliphatic carbocycles. The number of amides is 2. The van der Waals surface area contributed by atoms with Crippen molar-refractivity contribution in [3.8, 4) is 5.75 Å². The lowest BCUT2D eigenvalue weighted by molar-refractivity contribution is -0.135. The quantitative estimate of drug-likeness (QED) is 0.333. The van der Waals surface area contributed by atoms with Gasteiger partial charge < -0.3 is 29.8 Å². The van der Waals surface area contributed by atoms with Crippen molar-refractivity contribution in [2.24, 2.45) is 16.8 Å². The van der Waals surface area contributed by atoms with Gasteiger partial charge in [-0.2, -0.15) is 0 Å². The van der Waals surface area contributed by atoms with E-state index in [4.69, 9.17) is 25.7 Å². The van der Waals surface area contributed by atoms with Crippen LogP contribution in [0, 0.1) is 11.8 Å². The number of likely N-dealkylation sites (tertiary alicyclic amines) is 1. The maximum atomic E-state index is 13.3. The van der Waals surface area contributed by atoms with Gasteiger partial charge in [0.2, 0.25) is 11.8 Å². The number of hydrogen-bond donors (Lipinski definition) is 3. The highest BCUT2D eigenvalue weighted by Gasteiger charge is 2.37. The van der Waals surface area contributed by atoms with Crippen molar-refractivity contribution < 1.29 is 23.8 Å². The molecule has 0 bridgehead atoms. The number of amidine groups is 1. The summed E-state index contributed by atoms with van der Waals surface area (Å²) in [7, 11) is 0. The van der Waals surface area contributed by atoms with Crippen molar-refractivity contribution in [3.05, 3.63) is 46.6 Å². The predicted molar refractivity (Wildman–Crippen MR) is 163 cm³/mol. The molecule has 5 rings (SSSR count). The molecule has 1 fully saturated rings. The van der Waals surface area contributed by atoms with E-state index in [2.05, 4.69) is 27.4 Å². The molecular formula is C31H43ClN6O5. The summed E-state index contributed by atoms with van der Waals surface area (Å²) in [6.45, 7) is 8.27. The SMILES string of the molecule is CCCC1C(NC2CN(C(=O)CC)C2)=NCCC1C(=O)NC[C@H](O)CN1CCc2c(ccc(OCc3cnco3)c2Cl)C1. The average Bonchev–Trinajstić information content (AvgIpc) is 3.51. The lowest BCUT2D eigenvalue weighted by Gasteiger charge is -2.42. The lowest BCUT2D eigenvalue weighted by atomic mass is 9.82. The Morgan fingerprint density at radius 1 is 1.28 bits per heavy atom. The molecule has 3 aliphatic rings. The van der Waals surface area contributed by atoms with Crippen LogP contribution in [0.3, 0.4) is 0 Å². The number of halogens is 1. The number of carbonyl (C=O) groups is 2. The Kier molecular flexibility index (Phi) is 10.6. The van der Waals surface area contributed by atoms with Gasteiger partial charge in [-0.25, -0.2) is 4.98 Å². The number of fused-ring (bicyclic) bond motifs is 1. The minimum atomic E-state index is -0.693. The molecule has 3 N–H and O–H groups in total. The van der Waals surface area contributed by atoms with Crippen LogP contribution < -0.4 is 15.4 Å². The Bertz CT molecular complexity index is 1280. The van der Waals surface area contributed by atoms with Crippen LogP contribution in [0.1, 0.15) is 56.4 Å². The zero-order chi connectivity index (χ0) is 30.3. The number of aliphatic imine (C=N–C) groups is 1. The Labute approximate surface area is 258 Å². The first kappa shape index (κ1) is 31.3. The molecule has 3 aliphatic heterocycles. The van der Waals surface area contributed by atoms with Gasteiger partial charge in [-0.3, -0.25) is 19.5 Å². The molecule has 1 saturated heterocycles. The van der Waals surface area contributed by atoms with E-state index in [0.717, 1.165) is 42.8 Å². The second-order valence-corrected chi connectivity index (χ2v) is 12.1. The highest BCUT2D eigenvalue weighted by Crippen LogP contribution is 2.34. The van der Waals surface area contributed by atoms with E-state index in [-0.39, 0.29) is 42.8 Å². The third-order valence-electron chi connectivity index (χ3n) is 8.60. The molecular weight excluding hydrogens is 572 g/mol. The van der Waals surface area contributed by atoms with Crippen LogP contribution in [-0.2, 0) is 29.2 Å². The third-order valence-corrected chi connectivity index (χ3v) is 9.01. The highest BCUT2D eigenvalue weighted by atomic mass is 35.5. The zero-order valence-corrected chi connectivity index (χ0v) is 25.8. The largest absolute Gasteiger partial charge is 0.484 e. The number of β-amino-alcohol motifs (C(OH)–C–C–N with tert-alkyl or cyclic N) is 1. The molecule has 11 nitrogen and oxygen atoms in total. The van der Waals surface area contributed by atoms with E-state index in [1.807, 2.05) is 24.0 Å². The van der Waals surface area contributed by atoms with Gasteiger partial charge in [-0.05, 0) is 36.5 Å². The molecule has 3 atom stereocenters. The fourth-order valence-corrected chi connectivity index (χ4v) is 6.58. The van der Waals surface area contributed by atoms with Crippen LogP contribution in [0.25, 0.3) is 0 Å². The van der Waals surface area contributed by atoms with Gasteiger partial charge >= 0.3 is 0 Å². The lowest BCUT2D eigenvalue weighted by Crippen LogP contribution is -2.62. The van der Waals surface area contributed by atoms with Crippen molar-refractivity contribution in [1.82, 2.24) is 25.4 Å². The van der Waals surface area contributed by atoms with Gasteiger partial charge in [0, 0.05) is 64.1 Å². The number of aromatic nitrogens is 1. The number of benzene rings is 1. The van der Waals surface area contributed by atoms with Crippen LogP contribution in [-0.4, -0.2) is 89.0 Å². The Morgan fingerprint density at radius 3 is 2.86 bits per heavy atom. The van der Waals surface area contributed by atoms with Crippen LogP contribution in [0.15, 0.2) is 34.1 Å². The van der Waals surface area contributed by atoms with Crippen molar-refractivity contribution in [1.29, 1.82) is 0 Å². The summed E-state index contributed by atoms with van der Waals surface area (Å²) >= 11 is 6.67. The molecule has 2 unspecified atom stereocenters. The molecule has 43 heavy (non-hydrogen) atoms. The van der Waals surface area contributed by atoms with Crippen molar-refractivity contribution in [3.63, 3.8) is 0 Å². The van der Waals surface area contributed by atoms with E-state index in [9.17, 15) is 14.7 Å². The minimum Gasteiger partial charge on any atom is -0.484 e. The van der Waals surface area contributed by atoms with Crippen molar-refractivity contribution >= 4 is 29.3 Å².